The molecular weight excluding hydrogens is 288 g/mol. The van der Waals surface area contributed by atoms with Crippen molar-refractivity contribution in [3.63, 3.8) is 0 Å². The van der Waals surface area contributed by atoms with Gasteiger partial charge >= 0.3 is 0 Å². The molecule has 3 rings (SSSR count). The number of hydrogen-bond acceptors (Lipinski definition) is 3. The number of hydrogen-bond donors (Lipinski definition) is 2. The van der Waals surface area contributed by atoms with Crippen molar-refractivity contribution < 1.29 is 4.79 Å². The van der Waals surface area contributed by atoms with Gasteiger partial charge in [-0.1, -0.05) is 32.1 Å². The highest BCUT2D eigenvalue weighted by atomic mass is 16.1. The number of carbonyl (C=O) groups is 1. The topological polar surface area (TPSA) is 59.0 Å². The summed E-state index contributed by atoms with van der Waals surface area (Å²) in [4.78, 5) is 12.7. The molecule has 128 valence electrons. The van der Waals surface area contributed by atoms with Crippen molar-refractivity contribution >= 4 is 5.91 Å². The van der Waals surface area contributed by atoms with Crippen molar-refractivity contribution in [3.05, 3.63) is 18.0 Å². The maximum Gasteiger partial charge on any atom is 0.225 e. The van der Waals surface area contributed by atoms with Crippen LogP contribution in [0.25, 0.3) is 0 Å². The van der Waals surface area contributed by atoms with Gasteiger partial charge in [0.05, 0.1) is 12.1 Å². The van der Waals surface area contributed by atoms with Crippen molar-refractivity contribution in [2.24, 2.45) is 18.9 Å². The fourth-order valence-electron chi connectivity index (χ4n) is 4.06. The number of carbonyl (C=O) groups excluding carboxylic acids is 1. The zero-order valence-electron chi connectivity index (χ0n) is 14.3. The summed E-state index contributed by atoms with van der Waals surface area (Å²) in [7, 11) is 1.93. The lowest BCUT2D eigenvalue weighted by Gasteiger charge is -2.22. The first-order valence-electron chi connectivity index (χ1n) is 9.21. The van der Waals surface area contributed by atoms with Crippen LogP contribution in [0, 0.1) is 11.8 Å². The van der Waals surface area contributed by atoms with E-state index in [2.05, 4.69) is 15.7 Å². The third-order valence-corrected chi connectivity index (χ3v) is 5.49. The lowest BCUT2D eigenvalue weighted by atomic mass is 9.89. The van der Waals surface area contributed by atoms with Crippen LogP contribution in [0.5, 0.6) is 0 Å². The van der Waals surface area contributed by atoms with Gasteiger partial charge in [0.15, 0.2) is 0 Å². The standard InChI is InChI=1S/C18H30N4O/c1-22-13-15(10-21-22)16-11-19-12-17(16)18(23)20-9-14-7-5-3-2-4-6-8-14/h10,13-14,16-17,19H,2-9,11-12H2,1H3,(H,20,23)/t16-,17+/m1/s1. The minimum atomic E-state index is 0.0350. The highest BCUT2D eigenvalue weighted by Crippen LogP contribution is 2.28. The third-order valence-electron chi connectivity index (χ3n) is 5.49. The van der Waals surface area contributed by atoms with Gasteiger partial charge < -0.3 is 10.6 Å². The summed E-state index contributed by atoms with van der Waals surface area (Å²) < 4.78 is 1.82. The molecule has 2 fully saturated rings. The molecule has 1 aromatic rings. The molecule has 23 heavy (non-hydrogen) atoms. The van der Waals surface area contributed by atoms with Crippen LogP contribution in [0.4, 0.5) is 0 Å². The number of amides is 1. The van der Waals surface area contributed by atoms with Crippen LogP contribution in [0.3, 0.4) is 0 Å². The molecule has 1 aromatic heterocycles. The van der Waals surface area contributed by atoms with Gasteiger partial charge in [0.1, 0.15) is 0 Å². The van der Waals surface area contributed by atoms with Crippen LogP contribution in [0.1, 0.15) is 56.4 Å². The van der Waals surface area contributed by atoms with E-state index in [-0.39, 0.29) is 17.7 Å². The van der Waals surface area contributed by atoms with Gasteiger partial charge in [-0.25, -0.2) is 0 Å². The Morgan fingerprint density at radius 2 is 2.00 bits per heavy atom. The summed E-state index contributed by atoms with van der Waals surface area (Å²) in [5.41, 5.74) is 1.17. The second-order valence-electron chi connectivity index (χ2n) is 7.27. The van der Waals surface area contributed by atoms with Crippen LogP contribution >= 0.6 is 0 Å². The molecule has 2 N–H and O–H groups in total. The third kappa shape index (κ3) is 4.34. The normalized spacial score (nSPS) is 26.7. The van der Waals surface area contributed by atoms with Gasteiger partial charge in [-0.05, 0) is 24.3 Å². The van der Waals surface area contributed by atoms with E-state index in [4.69, 9.17) is 0 Å². The Kier molecular flexibility index (Phi) is 5.70. The van der Waals surface area contributed by atoms with E-state index in [0.717, 1.165) is 19.6 Å². The lowest BCUT2D eigenvalue weighted by molar-refractivity contribution is -0.125. The Morgan fingerprint density at radius 3 is 2.70 bits per heavy atom. The van der Waals surface area contributed by atoms with Gasteiger partial charge in [-0.2, -0.15) is 5.10 Å². The van der Waals surface area contributed by atoms with Crippen LogP contribution in [-0.4, -0.2) is 35.3 Å². The van der Waals surface area contributed by atoms with E-state index in [1.54, 1.807) is 0 Å². The van der Waals surface area contributed by atoms with Crippen molar-refractivity contribution in [3.8, 4) is 0 Å². The molecule has 0 bridgehead atoms. The van der Waals surface area contributed by atoms with E-state index >= 15 is 0 Å². The van der Waals surface area contributed by atoms with Gasteiger partial charge in [0, 0.05) is 38.8 Å². The van der Waals surface area contributed by atoms with Gasteiger partial charge in [-0.15, -0.1) is 0 Å². The molecule has 0 aromatic carbocycles. The monoisotopic (exact) mass is 318 g/mol. The predicted molar refractivity (Wildman–Crippen MR) is 91.1 cm³/mol. The van der Waals surface area contributed by atoms with Crippen molar-refractivity contribution in [1.29, 1.82) is 0 Å². The molecule has 1 saturated heterocycles. The lowest BCUT2D eigenvalue weighted by Crippen LogP contribution is -2.37. The molecule has 0 radical (unpaired) electrons. The minimum absolute atomic E-state index is 0.0350. The quantitative estimate of drug-likeness (QED) is 0.895. The summed E-state index contributed by atoms with van der Waals surface area (Å²) >= 11 is 0. The Hall–Kier alpha value is -1.36. The second-order valence-corrected chi connectivity index (χ2v) is 7.27. The Bertz CT molecular complexity index is 505. The first kappa shape index (κ1) is 16.5. The Balaban J connectivity index is 1.52. The van der Waals surface area contributed by atoms with E-state index in [9.17, 15) is 4.79 Å². The van der Waals surface area contributed by atoms with Crippen LogP contribution in [-0.2, 0) is 11.8 Å². The molecular formula is C18H30N4O. The van der Waals surface area contributed by atoms with E-state index in [1.807, 2.05) is 24.1 Å². The molecule has 2 aliphatic rings. The highest BCUT2D eigenvalue weighted by Gasteiger charge is 2.34. The number of nitrogens with zero attached hydrogens (tertiary/aromatic N) is 2. The number of rotatable bonds is 4. The fraction of sp³-hybridized carbons (Fsp3) is 0.778. The molecule has 2 atom stereocenters. The van der Waals surface area contributed by atoms with Crippen LogP contribution < -0.4 is 10.6 Å². The maximum atomic E-state index is 12.7. The summed E-state index contributed by atoms with van der Waals surface area (Å²) in [6, 6.07) is 0. The maximum absolute atomic E-state index is 12.7. The first-order valence-corrected chi connectivity index (χ1v) is 9.21. The zero-order valence-corrected chi connectivity index (χ0v) is 14.3. The van der Waals surface area contributed by atoms with Crippen molar-refractivity contribution in [2.45, 2.75) is 50.9 Å². The van der Waals surface area contributed by atoms with E-state index in [0.29, 0.717) is 5.92 Å². The Labute approximate surface area is 139 Å². The molecule has 5 nitrogen and oxygen atoms in total. The number of aromatic nitrogens is 2. The smallest absolute Gasteiger partial charge is 0.225 e. The molecule has 0 unspecified atom stereocenters. The molecule has 1 aliphatic carbocycles. The van der Waals surface area contributed by atoms with E-state index < -0.39 is 0 Å². The van der Waals surface area contributed by atoms with Crippen molar-refractivity contribution in [1.82, 2.24) is 20.4 Å². The largest absolute Gasteiger partial charge is 0.356 e. The molecule has 1 amide bonds. The SMILES string of the molecule is Cn1cc([C@H]2CNC[C@@H]2C(=O)NCC2CCCCCCC2)cn1. The summed E-state index contributed by atoms with van der Waals surface area (Å²) in [5.74, 6) is 1.17. The molecule has 1 aliphatic heterocycles. The van der Waals surface area contributed by atoms with Crippen molar-refractivity contribution in [2.75, 3.05) is 19.6 Å². The summed E-state index contributed by atoms with van der Waals surface area (Å²) in [5, 5.41) is 10.9. The molecule has 2 heterocycles. The second kappa shape index (κ2) is 7.95. The molecule has 5 heteroatoms. The molecule has 1 saturated carbocycles. The fourth-order valence-corrected chi connectivity index (χ4v) is 4.06. The Morgan fingerprint density at radius 1 is 1.26 bits per heavy atom. The van der Waals surface area contributed by atoms with Crippen LogP contribution in [0.2, 0.25) is 0 Å². The average Bonchev–Trinajstić information content (AvgIpc) is 3.14. The van der Waals surface area contributed by atoms with Crippen LogP contribution in [0.15, 0.2) is 12.4 Å². The van der Waals surface area contributed by atoms with Gasteiger partial charge in [0.25, 0.3) is 0 Å². The average molecular weight is 318 g/mol. The predicted octanol–water partition coefficient (Wildman–Crippen LogP) is 2.20. The molecule has 0 spiro atoms. The summed E-state index contributed by atoms with van der Waals surface area (Å²) in [6.07, 6.45) is 13.2. The van der Waals surface area contributed by atoms with Gasteiger partial charge in [-0.3, -0.25) is 9.48 Å². The number of aryl methyl sites for hydroxylation is 1. The first-order chi connectivity index (χ1) is 11.2. The van der Waals surface area contributed by atoms with Gasteiger partial charge in [0.2, 0.25) is 5.91 Å². The number of nitrogens with one attached hydrogen (secondary N) is 2. The van der Waals surface area contributed by atoms with E-state index in [1.165, 1.54) is 50.5 Å². The zero-order chi connectivity index (χ0) is 16.1. The highest BCUT2D eigenvalue weighted by molar-refractivity contribution is 5.80. The minimum Gasteiger partial charge on any atom is -0.356 e. The summed E-state index contributed by atoms with van der Waals surface area (Å²) in [6.45, 7) is 2.50.